The number of alkyl halides is 3. The number of para-hydroxylation sites is 1. The van der Waals surface area contributed by atoms with Gasteiger partial charge in [0.15, 0.2) is 5.82 Å². The molecule has 0 unspecified atom stereocenters. The molecular weight excluding hydrogens is 255 g/mol. The van der Waals surface area contributed by atoms with Crippen molar-refractivity contribution in [2.24, 2.45) is 0 Å². The molecule has 1 aliphatic rings. The van der Waals surface area contributed by atoms with Gasteiger partial charge in [-0.2, -0.15) is 18.3 Å². The number of fused-ring (bicyclic) bond motifs is 1. The van der Waals surface area contributed by atoms with Gasteiger partial charge in [0, 0.05) is 18.3 Å². The first-order chi connectivity index (χ1) is 9.05. The van der Waals surface area contributed by atoms with Crippen LogP contribution in [0.25, 0.3) is 6.08 Å². The van der Waals surface area contributed by atoms with Crippen LogP contribution in [-0.4, -0.2) is 16.7 Å². The van der Waals surface area contributed by atoms with Crippen molar-refractivity contribution in [3.05, 3.63) is 47.7 Å². The Morgan fingerprint density at radius 3 is 2.74 bits per heavy atom. The SMILES string of the molecule is FC(F)(F)c1cc(N2CC=Cc3ccccc32)n[nH]1. The van der Waals surface area contributed by atoms with E-state index in [1.54, 1.807) is 4.90 Å². The van der Waals surface area contributed by atoms with Crippen LogP contribution >= 0.6 is 0 Å². The molecule has 1 aromatic carbocycles. The number of benzene rings is 1. The molecule has 1 aliphatic heterocycles. The summed E-state index contributed by atoms with van der Waals surface area (Å²) in [4.78, 5) is 1.74. The highest BCUT2D eigenvalue weighted by molar-refractivity contribution is 5.76. The van der Waals surface area contributed by atoms with Gasteiger partial charge in [0.1, 0.15) is 5.69 Å². The van der Waals surface area contributed by atoms with Crippen LogP contribution in [0, 0.1) is 0 Å². The summed E-state index contributed by atoms with van der Waals surface area (Å²) in [7, 11) is 0. The third-order valence-corrected chi connectivity index (χ3v) is 2.96. The van der Waals surface area contributed by atoms with Crippen molar-refractivity contribution in [2.75, 3.05) is 11.4 Å². The number of nitrogens with one attached hydrogen (secondary N) is 1. The molecule has 0 radical (unpaired) electrons. The first-order valence-corrected chi connectivity index (χ1v) is 5.71. The number of H-pyrrole nitrogens is 1. The van der Waals surface area contributed by atoms with Gasteiger partial charge in [-0.15, -0.1) is 0 Å². The Bertz CT molecular complexity index is 628. The monoisotopic (exact) mass is 265 g/mol. The Morgan fingerprint density at radius 2 is 2.00 bits per heavy atom. The number of aromatic amines is 1. The molecule has 98 valence electrons. The molecular formula is C13H10F3N3. The van der Waals surface area contributed by atoms with Gasteiger partial charge >= 0.3 is 6.18 Å². The Labute approximate surface area is 107 Å². The normalized spacial score (nSPS) is 14.6. The van der Waals surface area contributed by atoms with E-state index in [2.05, 4.69) is 5.10 Å². The molecule has 6 heteroatoms. The highest BCUT2D eigenvalue weighted by Gasteiger charge is 2.34. The van der Waals surface area contributed by atoms with Crippen LogP contribution in [-0.2, 0) is 6.18 Å². The molecule has 0 aliphatic carbocycles. The summed E-state index contributed by atoms with van der Waals surface area (Å²) in [6.45, 7) is 0.499. The predicted molar refractivity (Wildman–Crippen MR) is 66.1 cm³/mol. The highest BCUT2D eigenvalue weighted by Crippen LogP contribution is 2.34. The third-order valence-electron chi connectivity index (χ3n) is 2.96. The maximum absolute atomic E-state index is 12.6. The molecule has 0 bridgehead atoms. The number of hydrogen-bond donors (Lipinski definition) is 1. The Morgan fingerprint density at radius 1 is 1.21 bits per heavy atom. The van der Waals surface area contributed by atoms with Gasteiger partial charge in [0.05, 0.1) is 0 Å². The van der Waals surface area contributed by atoms with E-state index in [9.17, 15) is 13.2 Å². The number of aromatic nitrogens is 2. The van der Waals surface area contributed by atoms with Crippen LogP contribution in [0.2, 0.25) is 0 Å². The molecule has 2 heterocycles. The van der Waals surface area contributed by atoms with Crippen molar-refractivity contribution in [1.82, 2.24) is 10.2 Å². The summed E-state index contributed by atoms with van der Waals surface area (Å²) in [6, 6.07) is 8.53. The number of anilines is 2. The van der Waals surface area contributed by atoms with Crippen molar-refractivity contribution in [1.29, 1.82) is 0 Å². The average molecular weight is 265 g/mol. The standard InChI is InChI=1S/C13H10F3N3/c14-13(15,16)11-8-12(18-17-11)19-7-3-5-9-4-1-2-6-10(9)19/h1-6,8H,7H2,(H,17,18). The van der Waals surface area contributed by atoms with E-state index in [0.717, 1.165) is 17.3 Å². The zero-order valence-electron chi connectivity index (χ0n) is 9.78. The lowest BCUT2D eigenvalue weighted by atomic mass is 10.1. The summed E-state index contributed by atoms with van der Waals surface area (Å²) >= 11 is 0. The van der Waals surface area contributed by atoms with E-state index in [1.165, 1.54) is 0 Å². The fraction of sp³-hybridized carbons (Fsp3) is 0.154. The topological polar surface area (TPSA) is 31.9 Å². The van der Waals surface area contributed by atoms with Gasteiger partial charge in [0.25, 0.3) is 0 Å². The molecule has 19 heavy (non-hydrogen) atoms. The molecule has 0 atom stereocenters. The van der Waals surface area contributed by atoms with Crippen molar-refractivity contribution in [3.63, 3.8) is 0 Å². The summed E-state index contributed by atoms with van der Waals surface area (Å²) in [5.41, 5.74) is 0.977. The number of nitrogens with zero attached hydrogens (tertiary/aromatic N) is 2. The molecule has 0 fully saturated rings. The van der Waals surface area contributed by atoms with Gasteiger partial charge in [-0.1, -0.05) is 30.4 Å². The van der Waals surface area contributed by atoms with Gasteiger partial charge in [0.2, 0.25) is 0 Å². The fourth-order valence-corrected chi connectivity index (χ4v) is 2.07. The van der Waals surface area contributed by atoms with Crippen LogP contribution in [0.5, 0.6) is 0 Å². The lowest BCUT2D eigenvalue weighted by Gasteiger charge is -2.25. The molecule has 1 aromatic heterocycles. The molecule has 3 nitrogen and oxygen atoms in total. The maximum atomic E-state index is 12.6. The minimum atomic E-state index is -4.41. The molecule has 0 amide bonds. The average Bonchev–Trinajstić information content (AvgIpc) is 2.87. The van der Waals surface area contributed by atoms with Crippen LogP contribution in [0.4, 0.5) is 24.7 Å². The van der Waals surface area contributed by atoms with Crippen LogP contribution < -0.4 is 4.90 Å². The Balaban J connectivity index is 2.00. The van der Waals surface area contributed by atoms with E-state index in [0.29, 0.717) is 6.54 Å². The number of hydrogen-bond acceptors (Lipinski definition) is 2. The second-order valence-electron chi connectivity index (χ2n) is 4.21. The molecule has 0 saturated carbocycles. The molecule has 3 rings (SSSR count). The largest absolute Gasteiger partial charge is 0.432 e. The van der Waals surface area contributed by atoms with E-state index in [4.69, 9.17) is 0 Å². The van der Waals surface area contributed by atoms with E-state index >= 15 is 0 Å². The summed E-state index contributed by atoms with van der Waals surface area (Å²) < 4.78 is 37.7. The van der Waals surface area contributed by atoms with Gasteiger partial charge in [-0.25, -0.2) is 0 Å². The quantitative estimate of drug-likeness (QED) is 0.854. The van der Waals surface area contributed by atoms with Crippen LogP contribution in [0.3, 0.4) is 0 Å². The van der Waals surface area contributed by atoms with E-state index in [1.807, 2.05) is 41.5 Å². The van der Waals surface area contributed by atoms with Crippen molar-refractivity contribution in [2.45, 2.75) is 6.18 Å². The summed E-state index contributed by atoms with van der Waals surface area (Å²) in [5, 5.41) is 5.79. The van der Waals surface area contributed by atoms with Crippen molar-refractivity contribution in [3.8, 4) is 0 Å². The second-order valence-corrected chi connectivity index (χ2v) is 4.21. The van der Waals surface area contributed by atoms with Crippen LogP contribution in [0.1, 0.15) is 11.3 Å². The lowest BCUT2D eigenvalue weighted by Crippen LogP contribution is -2.20. The van der Waals surface area contributed by atoms with Crippen molar-refractivity contribution >= 4 is 17.6 Å². The molecule has 0 spiro atoms. The minimum absolute atomic E-state index is 0.268. The Kier molecular flexibility index (Phi) is 2.58. The first kappa shape index (κ1) is 11.8. The Hall–Kier alpha value is -2.24. The predicted octanol–water partition coefficient (Wildman–Crippen LogP) is 3.59. The summed E-state index contributed by atoms with van der Waals surface area (Å²) in [6.07, 6.45) is -0.566. The van der Waals surface area contributed by atoms with Crippen LogP contribution in [0.15, 0.2) is 36.4 Å². The zero-order chi connectivity index (χ0) is 13.5. The smallest absolute Gasteiger partial charge is 0.320 e. The third kappa shape index (κ3) is 2.09. The van der Waals surface area contributed by atoms with Gasteiger partial charge in [-0.05, 0) is 11.6 Å². The van der Waals surface area contributed by atoms with Gasteiger partial charge < -0.3 is 4.90 Å². The second kappa shape index (κ2) is 4.15. The zero-order valence-corrected chi connectivity index (χ0v) is 9.78. The molecule has 1 N–H and O–H groups in total. The lowest BCUT2D eigenvalue weighted by molar-refractivity contribution is -0.141. The molecule has 0 saturated heterocycles. The van der Waals surface area contributed by atoms with Gasteiger partial charge in [-0.3, -0.25) is 5.10 Å². The summed E-state index contributed by atoms with van der Waals surface area (Å²) in [5.74, 6) is 0.268. The minimum Gasteiger partial charge on any atom is -0.320 e. The maximum Gasteiger partial charge on any atom is 0.432 e. The first-order valence-electron chi connectivity index (χ1n) is 5.71. The highest BCUT2D eigenvalue weighted by atomic mass is 19.4. The molecule has 2 aromatic rings. The number of rotatable bonds is 1. The fourth-order valence-electron chi connectivity index (χ4n) is 2.07. The number of halogens is 3. The van der Waals surface area contributed by atoms with E-state index in [-0.39, 0.29) is 5.82 Å². The van der Waals surface area contributed by atoms with Crippen molar-refractivity contribution < 1.29 is 13.2 Å². The van der Waals surface area contributed by atoms with E-state index < -0.39 is 11.9 Å².